The highest BCUT2D eigenvalue weighted by atomic mass is 32.1. The summed E-state index contributed by atoms with van der Waals surface area (Å²) in [5, 5.41) is 0.185. The van der Waals surface area contributed by atoms with Gasteiger partial charge in [0, 0.05) is 6.21 Å². The Labute approximate surface area is 80.4 Å². The van der Waals surface area contributed by atoms with Crippen LogP contribution in [0.3, 0.4) is 0 Å². The number of hydrogen-bond donors (Lipinski definition) is 2. The molecular weight excluding hydrogens is 189 g/mol. The number of halogens is 1. The van der Waals surface area contributed by atoms with Crippen LogP contribution in [0.25, 0.3) is 0 Å². The van der Waals surface area contributed by atoms with Gasteiger partial charge in [0.25, 0.3) is 0 Å². The Morgan fingerprint density at radius 3 is 2.62 bits per heavy atom. The largest absolute Gasteiger partial charge is 0.299 e. The van der Waals surface area contributed by atoms with Crippen LogP contribution in [0.15, 0.2) is 29.3 Å². The standard InChI is InChI=1S/C8H8FN3S/c9-7-3-1-6(2-4-7)5-11-8(13)12-10/h1-5H,10H2,(H,12,13). The van der Waals surface area contributed by atoms with Crippen molar-refractivity contribution in [1.82, 2.24) is 5.43 Å². The van der Waals surface area contributed by atoms with Crippen molar-refractivity contribution in [2.24, 2.45) is 10.8 Å². The molecule has 0 radical (unpaired) electrons. The van der Waals surface area contributed by atoms with E-state index < -0.39 is 0 Å². The van der Waals surface area contributed by atoms with E-state index in [4.69, 9.17) is 5.84 Å². The van der Waals surface area contributed by atoms with Crippen molar-refractivity contribution >= 4 is 23.5 Å². The van der Waals surface area contributed by atoms with Gasteiger partial charge >= 0.3 is 0 Å². The Morgan fingerprint density at radius 1 is 1.46 bits per heavy atom. The van der Waals surface area contributed by atoms with Crippen LogP contribution in [0.2, 0.25) is 0 Å². The van der Waals surface area contributed by atoms with Gasteiger partial charge in [-0.2, -0.15) is 0 Å². The number of benzene rings is 1. The Hall–Kier alpha value is -1.33. The number of thiocarbonyl (C=S) groups is 1. The maximum Gasteiger partial charge on any atom is 0.207 e. The summed E-state index contributed by atoms with van der Waals surface area (Å²) in [6.07, 6.45) is 1.50. The number of hydrazine groups is 1. The van der Waals surface area contributed by atoms with E-state index in [0.29, 0.717) is 0 Å². The first-order chi connectivity index (χ1) is 6.22. The maximum atomic E-state index is 12.4. The van der Waals surface area contributed by atoms with Crippen LogP contribution >= 0.6 is 12.2 Å². The molecule has 0 amide bonds. The van der Waals surface area contributed by atoms with Crippen LogP contribution in [0.4, 0.5) is 4.39 Å². The maximum absolute atomic E-state index is 12.4. The van der Waals surface area contributed by atoms with E-state index in [-0.39, 0.29) is 10.9 Å². The number of nitrogens with two attached hydrogens (primary N) is 1. The summed E-state index contributed by atoms with van der Waals surface area (Å²) in [6, 6.07) is 5.89. The zero-order valence-electron chi connectivity index (χ0n) is 6.70. The van der Waals surface area contributed by atoms with Crippen LogP contribution in [0, 0.1) is 5.82 Å². The molecule has 13 heavy (non-hydrogen) atoms. The average molecular weight is 197 g/mol. The molecule has 0 aromatic heterocycles. The lowest BCUT2D eigenvalue weighted by molar-refractivity contribution is 0.628. The van der Waals surface area contributed by atoms with E-state index in [1.165, 1.54) is 18.3 Å². The van der Waals surface area contributed by atoms with Crippen molar-refractivity contribution in [3.63, 3.8) is 0 Å². The summed E-state index contributed by atoms with van der Waals surface area (Å²) in [6.45, 7) is 0. The highest BCUT2D eigenvalue weighted by Crippen LogP contribution is 1.99. The minimum absolute atomic E-state index is 0.185. The molecule has 3 N–H and O–H groups in total. The molecule has 0 atom stereocenters. The van der Waals surface area contributed by atoms with Gasteiger partial charge in [-0.3, -0.25) is 5.43 Å². The average Bonchev–Trinajstić information content (AvgIpc) is 2.16. The fraction of sp³-hybridized carbons (Fsp3) is 0. The molecule has 0 heterocycles. The first-order valence-electron chi connectivity index (χ1n) is 3.52. The zero-order chi connectivity index (χ0) is 9.68. The SMILES string of the molecule is NNC(=S)N=Cc1ccc(F)cc1. The molecule has 0 aliphatic rings. The topological polar surface area (TPSA) is 50.4 Å². The number of hydrogen-bond acceptors (Lipinski definition) is 2. The van der Waals surface area contributed by atoms with E-state index in [2.05, 4.69) is 22.6 Å². The third kappa shape index (κ3) is 3.27. The molecule has 3 nitrogen and oxygen atoms in total. The van der Waals surface area contributed by atoms with Gasteiger partial charge < -0.3 is 0 Å². The monoisotopic (exact) mass is 197 g/mol. The lowest BCUT2D eigenvalue weighted by Gasteiger charge is -1.94. The molecule has 0 saturated carbocycles. The van der Waals surface area contributed by atoms with Crippen molar-refractivity contribution in [3.05, 3.63) is 35.6 Å². The van der Waals surface area contributed by atoms with Crippen LogP contribution in [-0.2, 0) is 0 Å². The molecule has 0 spiro atoms. The van der Waals surface area contributed by atoms with E-state index in [1.807, 2.05) is 0 Å². The van der Waals surface area contributed by atoms with Crippen molar-refractivity contribution in [2.45, 2.75) is 0 Å². The van der Waals surface area contributed by atoms with E-state index in [1.54, 1.807) is 12.1 Å². The van der Waals surface area contributed by atoms with Crippen molar-refractivity contribution in [3.8, 4) is 0 Å². The Morgan fingerprint density at radius 2 is 2.08 bits per heavy atom. The number of nitrogens with zero attached hydrogens (tertiary/aromatic N) is 1. The van der Waals surface area contributed by atoms with Gasteiger partial charge in [0.2, 0.25) is 5.11 Å². The molecule has 0 aliphatic carbocycles. The van der Waals surface area contributed by atoms with Crippen molar-refractivity contribution in [2.75, 3.05) is 0 Å². The van der Waals surface area contributed by atoms with Crippen molar-refractivity contribution in [1.29, 1.82) is 0 Å². The minimum Gasteiger partial charge on any atom is -0.299 e. The number of rotatable bonds is 1. The number of aliphatic imine (C=N–C) groups is 1. The van der Waals surface area contributed by atoms with E-state index in [0.717, 1.165) is 5.56 Å². The fourth-order valence-electron chi connectivity index (χ4n) is 0.719. The molecule has 0 fully saturated rings. The molecule has 0 unspecified atom stereocenters. The first-order valence-corrected chi connectivity index (χ1v) is 3.93. The van der Waals surface area contributed by atoms with E-state index in [9.17, 15) is 4.39 Å². The predicted octanol–water partition coefficient (Wildman–Crippen LogP) is 0.993. The molecular formula is C8H8FN3S. The third-order valence-electron chi connectivity index (χ3n) is 1.32. The Balaban J connectivity index is 2.69. The second kappa shape index (κ2) is 4.64. The second-order valence-electron chi connectivity index (χ2n) is 2.26. The Bertz CT molecular complexity index is 321. The summed E-state index contributed by atoms with van der Waals surface area (Å²) in [4.78, 5) is 3.79. The van der Waals surface area contributed by atoms with Gasteiger partial charge in [-0.05, 0) is 29.9 Å². The molecule has 0 bridgehead atoms. The van der Waals surface area contributed by atoms with E-state index >= 15 is 0 Å². The fourth-order valence-corrected chi connectivity index (χ4v) is 0.772. The summed E-state index contributed by atoms with van der Waals surface area (Å²) >= 11 is 4.67. The third-order valence-corrected chi connectivity index (χ3v) is 1.55. The van der Waals surface area contributed by atoms with Crippen LogP contribution in [-0.4, -0.2) is 11.3 Å². The van der Waals surface area contributed by atoms with Gasteiger partial charge in [-0.25, -0.2) is 15.2 Å². The molecule has 1 aromatic rings. The first kappa shape index (κ1) is 9.76. The van der Waals surface area contributed by atoms with Crippen LogP contribution in [0.1, 0.15) is 5.56 Å². The summed E-state index contributed by atoms with van der Waals surface area (Å²) in [7, 11) is 0. The smallest absolute Gasteiger partial charge is 0.207 e. The van der Waals surface area contributed by atoms with Gasteiger partial charge in [0.1, 0.15) is 5.82 Å². The number of nitrogens with one attached hydrogen (secondary N) is 1. The summed E-state index contributed by atoms with van der Waals surface area (Å²) < 4.78 is 12.4. The highest BCUT2D eigenvalue weighted by molar-refractivity contribution is 7.80. The van der Waals surface area contributed by atoms with Gasteiger partial charge in [0.15, 0.2) is 0 Å². The van der Waals surface area contributed by atoms with Crippen LogP contribution in [0.5, 0.6) is 0 Å². The second-order valence-corrected chi connectivity index (χ2v) is 2.65. The highest BCUT2D eigenvalue weighted by Gasteiger charge is 1.90. The normalized spacial score (nSPS) is 10.3. The molecule has 68 valence electrons. The lowest BCUT2D eigenvalue weighted by atomic mass is 10.2. The van der Waals surface area contributed by atoms with Gasteiger partial charge in [0.05, 0.1) is 0 Å². The molecule has 1 aromatic carbocycles. The molecule has 0 aliphatic heterocycles. The quantitative estimate of drug-likeness (QED) is 0.305. The predicted molar refractivity (Wildman–Crippen MR) is 53.9 cm³/mol. The van der Waals surface area contributed by atoms with Gasteiger partial charge in [-0.1, -0.05) is 12.1 Å². The van der Waals surface area contributed by atoms with Crippen molar-refractivity contribution < 1.29 is 4.39 Å². The minimum atomic E-state index is -0.281. The van der Waals surface area contributed by atoms with Gasteiger partial charge in [-0.15, -0.1) is 0 Å². The summed E-state index contributed by atoms with van der Waals surface area (Å²) in [5.74, 6) is 4.71. The molecule has 1 rings (SSSR count). The molecule has 0 saturated heterocycles. The summed E-state index contributed by atoms with van der Waals surface area (Å²) in [5.41, 5.74) is 2.97. The zero-order valence-corrected chi connectivity index (χ0v) is 7.51. The van der Waals surface area contributed by atoms with Crippen LogP contribution < -0.4 is 11.3 Å². The lowest BCUT2D eigenvalue weighted by Crippen LogP contribution is -2.26. The Kier molecular flexibility index (Phi) is 3.48. The molecule has 5 heteroatoms.